The number of halogens is 1. The van der Waals surface area contributed by atoms with Crippen molar-refractivity contribution in [1.29, 1.82) is 0 Å². The Morgan fingerprint density at radius 2 is 2.00 bits per heavy atom. The minimum atomic E-state index is -3.62. The Labute approximate surface area is 124 Å². The van der Waals surface area contributed by atoms with Gasteiger partial charge in [-0.2, -0.15) is 11.8 Å². The molecule has 0 bridgehead atoms. The molecule has 0 radical (unpaired) electrons. The van der Waals surface area contributed by atoms with Gasteiger partial charge in [0.25, 0.3) is 0 Å². The van der Waals surface area contributed by atoms with Gasteiger partial charge in [0, 0.05) is 23.4 Å². The van der Waals surface area contributed by atoms with Crippen molar-refractivity contribution in [1.82, 2.24) is 10.0 Å². The van der Waals surface area contributed by atoms with Crippen LogP contribution in [-0.2, 0) is 16.6 Å². The predicted molar refractivity (Wildman–Crippen MR) is 81.9 cm³/mol. The zero-order chi connectivity index (χ0) is 15.4. The van der Waals surface area contributed by atoms with E-state index in [1.807, 2.05) is 20.1 Å². The molecule has 0 aliphatic rings. The van der Waals surface area contributed by atoms with Crippen LogP contribution in [0.15, 0.2) is 23.1 Å². The molecular weight excluding hydrogens is 299 g/mol. The van der Waals surface area contributed by atoms with Crippen molar-refractivity contribution in [3.8, 4) is 0 Å². The van der Waals surface area contributed by atoms with Gasteiger partial charge in [-0.25, -0.2) is 17.5 Å². The fourth-order valence-electron chi connectivity index (χ4n) is 1.47. The Hall–Kier alpha value is -0.630. The van der Waals surface area contributed by atoms with Gasteiger partial charge in [-0.1, -0.05) is 0 Å². The summed E-state index contributed by atoms with van der Waals surface area (Å²) in [5, 5.41) is 2.81. The summed E-state index contributed by atoms with van der Waals surface area (Å²) < 4.78 is 40.3. The number of sulfonamides is 1. The van der Waals surface area contributed by atoms with Crippen LogP contribution in [0.4, 0.5) is 4.39 Å². The number of hydrogen-bond donors (Lipinski definition) is 2. The van der Waals surface area contributed by atoms with Crippen molar-refractivity contribution in [2.24, 2.45) is 0 Å². The maximum absolute atomic E-state index is 13.5. The van der Waals surface area contributed by atoms with Gasteiger partial charge in [-0.3, -0.25) is 0 Å². The van der Waals surface area contributed by atoms with E-state index in [9.17, 15) is 12.8 Å². The number of thioether (sulfide) groups is 1. The molecule has 4 nitrogen and oxygen atoms in total. The van der Waals surface area contributed by atoms with Gasteiger partial charge in [-0.15, -0.1) is 0 Å². The molecule has 0 saturated heterocycles. The van der Waals surface area contributed by atoms with Crippen LogP contribution in [0, 0.1) is 5.82 Å². The van der Waals surface area contributed by atoms with Crippen LogP contribution in [0.3, 0.4) is 0 Å². The van der Waals surface area contributed by atoms with Crippen molar-refractivity contribution in [2.45, 2.75) is 30.0 Å². The Balaban J connectivity index is 2.95. The lowest BCUT2D eigenvalue weighted by atomic mass is 10.2. The van der Waals surface area contributed by atoms with Crippen LogP contribution in [0.1, 0.15) is 19.4 Å². The summed E-state index contributed by atoms with van der Waals surface area (Å²) in [6.07, 6.45) is 1.93. The third-order valence-corrected chi connectivity index (χ3v) is 5.58. The first-order valence-corrected chi connectivity index (χ1v) is 8.90. The first kappa shape index (κ1) is 17.4. The SMILES string of the molecule is CNCc1cc(S(=O)(=O)NCC(C)(C)SC)ccc1F. The maximum atomic E-state index is 13.5. The fraction of sp³-hybridized carbons (Fsp3) is 0.538. The van der Waals surface area contributed by atoms with Gasteiger partial charge in [0.15, 0.2) is 0 Å². The highest BCUT2D eigenvalue weighted by molar-refractivity contribution is 8.00. The van der Waals surface area contributed by atoms with Crippen LogP contribution in [0.5, 0.6) is 0 Å². The van der Waals surface area contributed by atoms with Gasteiger partial charge < -0.3 is 5.32 Å². The highest BCUT2D eigenvalue weighted by atomic mass is 32.2. The van der Waals surface area contributed by atoms with Crippen molar-refractivity contribution < 1.29 is 12.8 Å². The molecule has 0 aliphatic heterocycles. The second-order valence-electron chi connectivity index (χ2n) is 5.07. The average molecular weight is 320 g/mol. The van der Waals surface area contributed by atoms with Crippen molar-refractivity contribution in [3.63, 3.8) is 0 Å². The van der Waals surface area contributed by atoms with Gasteiger partial charge in [0.05, 0.1) is 4.90 Å². The average Bonchev–Trinajstić information content (AvgIpc) is 2.39. The van der Waals surface area contributed by atoms with E-state index >= 15 is 0 Å². The molecule has 1 aromatic rings. The molecule has 1 aromatic carbocycles. The molecular formula is C13H21FN2O2S2. The van der Waals surface area contributed by atoms with Crippen molar-refractivity contribution in [3.05, 3.63) is 29.6 Å². The van der Waals surface area contributed by atoms with Crippen LogP contribution >= 0.6 is 11.8 Å². The van der Waals surface area contributed by atoms with Crippen LogP contribution in [0.2, 0.25) is 0 Å². The quantitative estimate of drug-likeness (QED) is 0.806. The molecule has 0 fully saturated rings. The Bertz CT molecular complexity index is 559. The number of hydrogen-bond acceptors (Lipinski definition) is 4. The zero-order valence-corrected chi connectivity index (χ0v) is 13.8. The Kier molecular flexibility index (Phi) is 6.00. The van der Waals surface area contributed by atoms with E-state index in [-0.39, 0.29) is 16.2 Å². The Morgan fingerprint density at radius 3 is 2.55 bits per heavy atom. The van der Waals surface area contributed by atoms with Crippen LogP contribution in [0.25, 0.3) is 0 Å². The summed E-state index contributed by atoms with van der Waals surface area (Å²) in [6.45, 7) is 4.51. The number of rotatable bonds is 7. The predicted octanol–water partition coefficient (Wildman–Crippen LogP) is 1.96. The van der Waals surface area contributed by atoms with E-state index in [1.54, 1.807) is 18.8 Å². The number of nitrogens with one attached hydrogen (secondary N) is 2. The van der Waals surface area contributed by atoms with Gasteiger partial charge in [0.1, 0.15) is 5.82 Å². The minimum absolute atomic E-state index is 0.0843. The molecule has 2 N–H and O–H groups in total. The van der Waals surface area contributed by atoms with E-state index in [4.69, 9.17) is 0 Å². The van der Waals surface area contributed by atoms with Crippen LogP contribution < -0.4 is 10.0 Å². The normalized spacial score (nSPS) is 12.7. The summed E-state index contributed by atoms with van der Waals surface area (Å²) in [7, 11) is -1.94. The molecule has 0 aromatic heterocycles. The summed E-state index contributed by atoms with van der Waals surface area (Å²) in [6, 6.07) is 3.82. The van der Waals surface area contributed by atoms with E-state index in [1.165, 1.54) is 18.2 Å². The summed E-state index contributed by atoms with van der Waals surface area (Å²) in [5.41, 5.74) is 0.333. The van der Waals surface area contributed by atoms with Gasteiger partial charge >= 0.3 is 0 Å². The molecule has 0 amide bonds. The Morgan fingerprint density at radius 1 is 1.35 bits per heavy atom. The second-order valence-corrected chi connectivity index (χ2v) is 8.35. The van der Waals surface area contributed by atoms with E-state index in [0.29, 0.717) is 12.1 Å². The lowest BCUT2D eigenvalue weighted by molar-refractivity contribution is 0.568. The lowest BCUT2D eigenvalue weighted by Crippen LogP contribution is -2.36. The lowest BCUT2D eigenvalue weighted by Gasteiger charge is -2.22. The highest BCUT2D eigenvalue weighted by Gasteiger charge is 2.22. The third-order valence-electron chi connectivity index (χ3n) is 2.94. The molecule has 1 rings (SSSR count). The standard InChI is InChI=1S/C13H21FN2O2S2/c1-13(2,19-4)9-16-20(17,18)11-5-6-12(14)10(7-11)8-15-3/h5-7,15-16H,8-9H2,1-4H3. The van der Waals surface area contributed by atoms with Crippen molar-refractivity contribution in [2.75, 3.05) is 19.8 Å². The third kappa shape index (κ3) is 4.73. The summed E-state index contributed by atoms with van der Waals surface area (Å²) in [5.74, 6) is -0.414. The van der Waals surface area contributed by atoms with E-state index < -0.39 is 15.8 Å². The van der Waals surface area contributed by atoms with E-state index in [0.717, 1.165) is 0 Å². The molecule has 20 heavy (non-hydrogen) atoms. The number of benzene rings is 1. The topological polar surface area (TPSA) is 58.2 Å². The second kappa shape index (κ2) is 6.89. The highest BCUT2D eigenvalue weighted by Crippen LogP contribution is 2.21. The molecule has 0 spiro atoms. The monoisotopic (exact) mass is 320 g/mol. The summed E-state index contributed by atoms with van der Waals surface area (Å²) >= 11 is 1.58. The molecule has 0 saturated carbocycles. The molecule has 7 heteroatoms. The first-order chi connectivity index (χ1) is 9.22. The van der Waals surface area contributed by atoms with Gasteiger partial charge in [0.2, 0.25) is 10.0 Å². The fourth-order valence-corrected chi connectivity index (χ4v) is 3.04. The largest absolute Gasteiger partial charge is 0.316 e. The smallest absolute Gasteiger partial charge is 0.240 e. The molecule has 0 aliphatic carbocycles. The molecule has 0 heterocycles. The maximum Gasteiger partial charge on any atom is 0.240 e. The van der Waals surface area contributed by atoms with Gasteiger partial charge in [-0.05, 0) is 45.4 Å². The first-order valence-electron chi connectivity index (χ1n) is 6.20. The zero-order valence-electron chi connectivity index (χ0n) is 12.2. The molecule has 114 valence electrons. The molecule has 0 atom stereocenters. The molecule has 0 unspecified atom stereocenters. The van der Waals surface area contributed by atoms with E-state index in [2.05, 4.69) is 10.0 Å². The van der Waals surface area contributed by atoms with Crippen LogP contribution in [-0.4, -0.2) is 33.0 Å². The van der Waals surface area contributed by atoms with Crippen molar-refractivity contribution >= 4 is 21.8 Å². The summed E-state index contributed by atoms with van der Waals surface area (Å²) in [4.78, 5) is 0.0843. The minimum Gasteiger partial charge on any atom is -0.316 e.